The minimum Gasteiger partial charge on any atom is -0.412 e. The van der Waals surface area contributed by atoms with E-state index in [0.29, 0.717) is 22.5 Å². The zero-order chi connectivity index (χ0) is 14.8. The standard InChI is InChI=1S/C15H13NO3S2/c16-15-10-5-2-1-4-9(10)12(8-17)14-11(15)6-3-7-13(14)19-21-20-18/h1-7,17-18H,8,16H2. The molecule has 0 aliphatic heterocycles. The highest BCUT2D eigenvalue weighted by molar-refractivity contribution is 8.72. The first-order chi connectivity index (χ1) is 10.3. The number of aliphatic hydroxyl groups excluding tert-OH is 1. The number of hydrogen-bond donors (Lipinski definition) is 3. The van der Waals surface area contributed by atoms with Gasteiger partial charge in [0.2, 0.25) is 0 Å². The summed E-state index contributed by atoms with van der Waals surface area (Å²) in [4.78, 5) is 0. The fourth-order valence-electron chi connectivity index (χ4n) is 2.61. The topological polar surface area (TPSA) is 75.7 Å². The molecule has 3 aromatic rings. The van der Waals surface area contributed by atoms with E-state index in [-0.39, 0.29) is 6.61 Å². The van der Waals surface area contributed by atoms with Crippen LogP contribution in [0.25, 0.3) is 21.5 Å². The second-order valence-electron chi connectivity index (χ2n) is 4.50. The minimum absolute atomic E-state index is 0.116. The molecule has 0 saturated carbocycles. The molecule has 0 fully saturated rings. The molecule has 0 aromatic heterocycles. The van der Waals surface area contributed by atoms with E-state index >= 15 is 0 Å². The van der Waals surface area contributed by atoms with E-state index in [1.54, 1.807) is 6.07 Å². The third-order valence-corrected chi connectivity index (χ3v) is 4.17. The average Bonchev–Trinajstić information content (AvgIpc) is 2.54. The van der Waals surface area contributed by atoms with Crippen LogP contribution in [0.1, 0.15) is 5.56 Å². The van der Waals surface area contributed by atoms with Crippen molar-refractivity contribution in [3.8, 4) is 5.75 Å². The van der Waals surface area contributed by atoms with Crippen LogP contribution >= 0.6 is 22.1 Å². The predicted molar refractivity (Wildman–Crippen MR) is 90.2 cm³/mol. The molecule has 3 aromatic carbocycles. The van der Waals surface area contributed by atoms with Crippen molar-refractivity contribution in [2.75, 3.05) is 5.73 Å². The summed E-state index contributed by atoms with van der Waals surface area (Å²) < 4.78 is 14.3. The molecule has 21 heavy (non-hydrogen) atoms. The van der Waals surface area contributed by atoms with Gasteiger partial charge >= 0.3 is 0 Å². The zero-order valence-electron chi connectivity index (χ0n) is 10.9. The molecule has 0 heterocycles. The number of nitrogens with two attached hydrogens (primary N) is 1. The van der Waals surface area contributed by atoms with Crippen LogP contribution in [0.4, 0.5) is 5.69 Å². The molecule has 0 bridgehead atoms. The Morgan fingerprint density at radius 2 is 1.71 bits per heavy atom. The zero-order valence-corrected chi connectivity index (χ0v) is 12.6. The maximum atomic E-state index is 9.82. The number of aliphatic hydroxyl groups is 1. The molecule has 0 atom stereocenters. The van der Waals surface area contributed by atoms with E-state index in [0.717, 1.165) is 38.2 Å². The lowest BCUT2D eigenvalue weighted by atomic mass is 9.95. The number of anilines is 1. The Kier molecular flexibility index (Phi) is 4.12. The van der Waals surface area contributed by atoms with E-state index in [1.807, 2.05) is 36.4 Å². The SMILES string of the molecule is Nc1c2ccccc2c(CO)c2c(OSSO)cccc12. The summed E-state index contributed by atoms with van der Waals surface area (Å²) in [6, 6.07) is 13.2. The van der Waals surface area contributed by atoms with E-state index in [1.165, 1.54) is 0 Å². The van der Waals surface area contributed by atoms with Gasteiger partial charge in [0, 0.05) is 21.8 Å². The van der Waals surface area contributed by atoms with Crippen molar-refractivity contribution >= 4 is 49.4 Å². The molecule has 0 aliphatic carbocycles. The summed E-state index contributed by atoms with van der Waals surface area (Å²) in [6.45, 7) is -0.116. The van der Waals surface area contributed by atoms with Crippen molar-refractivity contribution in [1.29, 1.82) is 0 Å². The molecular weight excluding hydrogens is 306 g/mol. The van der Waals surface area contributed by atoms with Crippen LogP contribution in [-0.4, -0.2) is 9.66 Å². The summed E-state index contributed by atoms with van der Waals surface area (Å²) in [7, 11) is 0. The number of rotatable bonds is 4. The van der Waals surface area contributed by atoms with Gasteiger partial charge in [0.05, 0.1) is 6.61 Å². The maximum absolute atomic E-state index is 9.82. The van der Waals surface area contributed by atoms with Gasteiger partial charge in [0.1, 0.15) is 16.8 Å². The van der Waals surface area contributed by atoms with Crippen molar-refractivity contribution in [3.63, 3.8) is 0 Å². The number of benzene rings is 3. The lowest BCUT2D eigenvalue weighted by Crippen LogP contribution is -1.97. The molecule has 4 nitrogen and oxygen atoms in total. The van der Waals surface area contributed by atoms with Crippen LogP contribution in [-0.2, 0) is 6.61 Å². The summed E-state index contributed by atoms with van der Waals surface area (Å²) in [5.74, 6) is 0.570. The van der Waals surface area contributed by atoms with E-state index in [4.69, 9.17) is 14.5 Å². The lowest BCUT2D eigenvalue weighted by molar-refractivity contribution is 0.284. The van der Waals surface area contributed by atoms with Gasteiger partial charge in [-0.15, -0.1) is 0 Å². The summed E-state index contributed by atoms with van der Waals surface area (Å²) >= 11 is 1.38. The van der Waals surface area contributed by atoms with Gasteiger partial charge in [0.25, 0.3) is 0 Å². The Morgan fingerprint density at radius 1 is 1.00 bits per heavy atom. The average molecular weight is 319 g/mol. The highest BCUT2D eigenvalue weighted by Gasteiger charge is 2.15. The Bertz CT molecular complexity index is 808. The second-order valence-corrected chi connectivity index (χ2v) is 5.81. The third kappa shape index (κ3) is 2.40. The van der Waals surface area contributed by atoms with Gasteiger partial charge in [-0.25, -0.2) is 0 Å². The van der Waals surface area contributed by atoms with Gasteiger partial charge in [-0.2, -0.15) is 0 Å². The van der Waals surface area contributed by atoms with Crippen LogP contribution in [0.3, 0.4) is 0 Å². The molecule has 3 rings (SSSR count). The van der Waals surface area contributed by atoms with Crippen LogP contribution in [0, 0.1) is 0 Å². The fourth-order valence-corrected chi connectivity index (χ4v) is 3.17. The van der Waals surface area contributed by atoms with Crippen LogP contribution in [0.5, 0.6) is 5.75 Å². The monoisotopic (exact) mass is 319 g/mol. The first kappa shape index (κ1) is 14.3. The molecule has 108 valence electrons. The highest BCUT2D eigenvalue weighted by Crippen LogP contribution is 2.40. The normalized spacial score (nSPS) is 11.1. The Morgan fingerprint density at radius 3 is 2.43 bits per heavy atom. The molecule has 0 saturated heterocycles. The maximum Gasteiger partial charge on any atom is 0.156 e. The van der Waals surface area contributed by atoms with Crippen molar-refractivity contribution in [2.45, 2.75) is 6.61 Å². The molecule has 6 heteroatoms. The Hall–Kier alpha value is -1.60. The molecule has 4 N–H and O–H groups in total. The van der Waals surface area contributed by atoms with Crippen LogP contribution in [0.15, 0.2) is 42.5 Å². The summed E-state index contributed by atoms with van der Waals surface area (Å²) in [5, 5.41) is 13.2. The smallest absolute Gasteiger partial charge is 0.156 e. The van der Waals surface area contributed by atoms with Gasteiger partial charge in [-0.3, -0.25) is 0 Å². The van der Waals surface area contributed by atoms with Crippen LogP contribution in [0.2, 0.25) is 0 Å². The number of hydrogen-bond acceptors (Lipinski definition) is 6. The number of fused-ring (bicyclic) bond motifs is 2. The van der Waals surface area contributed by atoms with Gasteiger partial charge in [-0.05, 0) is 17.0 Å². The molecule has 0 radical (unpaired) electrons. The Labute approximate surface area is 129 Å². The first-order valence-electron chi connectivity index (χ1n) is 6.25. The largest absolute Gasteiger partial charge is 0.412 e. The third-order valence-electron chi connectivity index (χ3n) is 3.47. The van der Waals surface area contributed by atoms with Gasteiger partial charge in [-0.1, -0.05) is 36.4 Å². The predicted octanol–water partition coefficient (Wildman–Crippen LogP) is 4.22. The van der Waals surface area contributed by atoms with E-state index in [2.05, 4.69) is 0 Å². The molecule has 0 amide bonds. The van der Waals surface area contributed by atoms with Crippen molar-refractivity contribution in [3.05, 3.63) is 48.0 Å². The van der Waals surface area contributed by atoms with Crippen molar-refractivity contribution < 1.29 is 13.8 Å². The second kappa shape index (κ2) is 6.03. The quantitative estimate of drug-likeness (QED) is 0.289. The van der Waals surface area contributed by atoms with Crippen molar-refractivity contribution in [1.82, 2.24) is 0 Å². The summed E-state index contributed by atoms with van der Waals surface area (Å²) in [6.07, 6.45) is 0. The highest BCUT2D eigenvalue weighted by atomic mass is 33.1. The molecule has 0 unspecified atom stereocenters. The first-order valence-corrected chi connectivity index (χ1v) is 8.28. The Balaban J connectivity index is 2.43. The van der Waals surface area contributed by atoms with E-state index in [9.17, 15) is 5.11 Å². The minimum atomic E-state index is -0.116. The summed E-state index contributed by atoms with van der Waals surface area (Å²) in [5.41, 5.74) is 7.71. The van der Waals surface area contributed by atoms with Gasteiger partial charge in [0.15, 0.2) is 11.1 Å². The van der Waals surface area contributed by atoms with Gasteiger partial charge < -0.3 is 19.6 Å². The molecule has 0 aliphatic rings. The van der Waals surface area contributed by atoms with Crippen LogP contribution < -0.4 is 9.92 Å². The fraction of sp³-hybridized carbons (Fsp3) is 0.0667. The van der Waals surface area contributed by atoms with E-state index < -0.39 is 0 Å². The lowest BCUT2D eigenvalue weighted by Gasteiger charge is -2.15. The molecule has 0 spiro atoms. The van der Waals surface area contributed by atoms with Crippen molar-refractivity contribution in [2.24, 2.45) is 0 Å². The molecular formula is C15H13NO3S2. The number of nitrogen functional groups attached to an aromatic ring is 1.